The van der Waals surface area contributed by atoms with Gasteiger partial charge >= 0.3 is 0 Å². The lowest BCUT2D eigenvalue weighted by molar-refractivity contribution is -0.141. The fraction of sp³-hybridized carbons (Fsp3) is 0.870. The molecular formula is C23H38N2O2. The molecule has 0 aromatic heterocycles. The number of hydrogen-bond acceptors (Lipinski definition) is 3. The number of carbonyl (C=O) groups excluding carboxylic acids is 1. The van der Waals surface area contributed by atoms with E-state index in [1.54, 1.807) is 0 Å². The summed E-state index contributed by atoms with van der Waals surface area (Å²) in [6.07, 6.45) is 9.59. The van der Waals surface area contributed by atoms with Gasteiger partial charge in [0.05, 0.1) is 5.60 Å². The maximum atomic E-state index is 12.7. The molecule has 0 aromatic rings. The second kappa shape index (κ2) is 6.32. The molecule has 1 N–H and O–H groups in total. The molecule has 6 atom stereocenters. The summed E-state index contributed by atoms with van der Waals surface area (Å²) in [4.78, 5) is 17.0. The van der Waals surface area contributed by atoms with E-state index in [4.69, 9.17) is 0 Å². The van der Waals surface area contributed by atoms with Crippen LogP contribution in [0.4, 0.5) is 0 Å². The van der Waals surface area contributed by atoms with Crippen LogP contribution >= 0.6 is 0 Å². The largest absolute Gasteiger partial charge is 0.390 e. The minimum atomic E-state index is -0.520. The smallest absolute Gasteiger partial charge is 0.226 e. The number of likely N-dealkylation sites (tertiary alicyclic amines) is 1. The second-order valence-electron chi connectivity index (χ2n) is 10.7. The zero-order valence-electron chi connectivity index (χ0n) is 17.9. The highest BCUT2D eigenvalue weighted by molar-refractivity contribution is 5.80. The number of carbonyl (C=O) groups is 1. The quantitative estimate of drug-likeness (QED) is 0.820. The van der Waals surface area contributed by atoms with Crippen LogP contribution in [0.5, 0.6) is 0 Å². The molecule has 1 aliphatic heterocycles. The maximum absolute atomic E-state index is 12.7. The van der Waals surface area contributed by atoms with Gasteiger partial charge in [0.15, 0.2) is 0 Å². The van der Waals surface area contributed by atoms with Gasteiger partial charge in [0.1, 0.15) is 0 Å². The molecule has 2 saturated carbocycles. The Balaban J connectivity index is 1.65. The third-order valence-corrected chi connectivity index (χ3v) is 9.21. The Labute approximate surface area is 165 Å². The average molecular weight is 375 g/mol. The lowest BCUT2D eigenvalue weighted by atomic mass is 9.48. The first-order valence-corrected chi connectivity index (χ1v) is 11.0. The van der Waals surface area contributed by atoms with Crippen molar-refractivity contribution in [2.24, 2.45) is 28.6 Å². The molecular weight excluding hydrogens is 336 g/mol. The Morgan fingerprint density at radius 3 is 2.56 bits per heavy atom. The van der Waals surface area contributed by atoms with Crippen molar-refractivity contribution in [2.75, 3.05) is 27.2 Å². The van der Waals surface area contributed by atoms with Crippen LogP contribution in [-0.2, 0) is 4.79 Å². The number of rotatable bonds is 3. The number of hydrogen-bond donors (Lipinski definition) is 1. The molecule has 27 heavy (non-hydrogen) atoms. The molecule has 1 saturated heterocycles. The van der Waals surface area contributed by atoms with Crippen molar-refractivity contribution in [3.8, 4) is 0 Å². The van der Waals surface area contributed by atoms with Gasteiger partial charge in [0.2, 0.25) is 5.91 Å². The molecule has 4 aliphatic rings. The molecule has 3 fully saturated rings. The van der Waals surface area contributed by atoms with E-state index in [9.17, 15) is 9.90 Å². The predicted molar refractivity (Wildman–Crippen MR) is 108 cm³/mol. The Morgan fingerprint density at radius 2 is 1.85 bits per heavy atom. The topological polar surface area (TPSA) is 43.8 Å². The third-order valence-electron chi connectivity index (χ3n) is 9.21. The summed E-state index contributed by atoms with van der Waals surface area (Å²) >= 11 is 0. The van der Waals surface area contributed by atoms with Gasteiger partial charge in [0.25, 0.3) is 0 Å². The second-order valence-corrected chi connectivity index (χ2v) is 10.7. The number of amides is 1. The molecule has 0 radical (unpaired) electrons. The molecule has 0 aromatic carbocycles. The molecule has 4 rings (SSSR count). The van der Waals surface area contributed by atoms with Crippen LogP contribution in [0, 0.1) is 28.6 Å². The van der Waals surface area contributed by atoms with Crippen LogP contribution in [0.1, 0.15) is 65.7 Å². The Hall–Kier alpha value is -0.870. The van der Waals surface area contributed by atoms with Gasteiger partial charge in [-0.05, 0) is 82.7 Å². The van der Waals surface area contributed by atoms with Gasteiger partial charge in [-0.25, -0.2) is 0 Å². The van der Waals surface area contributed by atoms with Crippen molar-refractivity contribution < 1.29 is 9.90 Å². The van der Waals surface area contributed by atoms with E-state index in [-0.39, 0.29) is 10.8 Å². The minimum Gasteiger partial charge on any atom is -0.390 e. The van der Waals surface area contributed by atoms with Crippen molar-refractivity contribution in [3.63, 3.8) is 0 Å². The molecule has 3 aliphatic carbocycles. The van der Waals surface area contributed by atoms with Crippen molar-refractivity contribution in [3.05, 3.63) is 11.8 Å². The number of piperidine rings is 1. The zero-order chi connectivity index (χ0) is 19.6. The molecule has 1 amide bonds. The summed E-state index contributed by atoms with van der Waals surface area (Å²) < 4.78 is 0. The van der Waals surface area contributed by atoms with Gasteiger partial charge in [0, 0.05) is 30.6 Å². The number of allylic oxidation sites excluding steroid dienone is 2. The molecule has 1 heterocycles. The van der Waals surface area contributed by atoms with Gasteiger partial charge in [-0.2, -0.15) is 0 Å². The highest BCUT2D eigenvalue weighted by Gasteiger charge is 2.62. The fourth-order valence-corrected chi connectivity index (χ4v) is 7.23. The van der Waals surface area contributed by atoms with E-state index in [0.717, 1.165) is 45.2 Å². The van der Waals surface area contributed by atoms with Crippen LogP contribution in [0.15, 0.2) is 11.8 Å². The Kier molecular flexibility index (Phi) is 4.55. The van der Waals surface area contributed by atoms with Crippen molar-refractivity contribution >= 4 is 5.91 Å². The predicted octanol–water partition coefficient (Wildman–Crippen LogP) is 3.66. The highest BCUT2D eigenvalue weighted by atomic mass is 16.3. The summed E-state index contributed by atoms with van der Waals surface area (Å²) in [5.74, 6) is 2.24. The first-order chi connectivity index (χ1) is 12.6. The van der Waals surface area contributed by atoms with Gasteiger partial charge in [-0.1, -0.05) is 19.9 Å². The van der Waals surface area contributed by atoms with Gasteiger partial charge in [-0.3, -0.25) is 4.79 Å². The van der Waals surface area contributed by atoms with E-state index in [1.165, 1.54) is 12.1 Å². The summed E-state index contributed by atoms with van der Waals surface area (Å²) in [5, 5.41) is 11.1. The van der Waals surface area contributed by atoms with E-state index >= 15 is 0 Å². The van der Waals surface area contributed by atoms with Crippen LogP contribution in [0.25, 0.3) is 0 Å². The van der Waals surface area contributed by atoms with E-state index in [1.807, 2.05) is 0 Å². The molecule has 0 unspecified atom stereocenters. The summed E-state index contributed by atoms with van der Waals surface area (Å²) in [6, 6.07) is 0. The van der Waals surface area contributed by atoms with Crippen molar-refractivity contribution in [1.82, 2.24) is 9.80 Å². The molecule has 0 spiro atoms. The number of fused-ring (bicyclic) bond motifs is 5. The van der Waals surface area contributed by atoms with Gasteiger partial charge in [-0.15, -0.1) is 0 Å². The van der Waals surface area contributed by atoms with E-state index in [0.29, 0.717) is 30.1 Å². The Bertz CT molecular complexity index is 655. The van der Waals surface area contributed by atoms with Crippen LogP contribution in [0.2, 0.25) is 0 Å². The first kappa shape index (κ1) is 19.4. The summed E-state index contributed by atoms with van der Waals surface area (Å²) in [6.45, 7) is 8.56. The average Bonchev–Trinajstić information content (AvgIpc) is 2.84. The van der Waals surface area contributed by atoms with Gasteiger partial charge < -0.3 is 14.9 Å². The number of nitrogens with zero attached hydrogens (tertiary/aromatic N) is 2. The normalized spacial score (nSPS) is 46.8. The molecule has 4 heteroatoms. The summed E-state index contributed by atoms with van der Waals surface area (Å²) in [7, 11) is 4.15. The number of aliphatic hydroxyl groups is 1. The fourth-order valence-electron chi connectivity index (χ4n) is 7.23. The van der Waals surface area contributed by atoms with E-state index in [2.05, 4.69) is 50.7 Å². The van der Waals surface area contributed by atoms with Crippen LogP contribution < -0.4 is 0 Å². The standard InChI is InChI=1S/C23H38N2O2/c1-21-11-10-20(26)25(15-14-24(4)5)19(21)7-6-16-17(21)8-12-22(2)18(16)9-13-23(22,3)27/h7,16-18,27H,6,8-15H2,1-5H3/t16-,17+,18-,21-,22-,23-/m1/s1. The Morgan fingerprint density at radius 1 is 1.15 bits per heavy atom. The minimum absolute atomic E-state index is 0.0605. The molecule has 4 nitrogen and oxygen atoms in total. The van der Waals surface area contributed by atoms with Crippen LogP contribution in [-0.4, -0.2) is 53.6 Å². The summed E-state index contributed by atoms with van der Waals surface area (Å²) in [5.41, 5.74) is 0.979. The molecule has 0 bridgehead atoms. The monoisotopic (exact) mass is 374 g/mol. The first-order valence-electron chi connectivity index (χ1n) is 11.0. The van der Waals surface area contributed by atoms with Crippen molar-refractivity contribution in [1.29, 1.82) is 0 Å². The molecule has 152 valence electrons. The lowest BCUT2D eigenvalue weighted by Gasteiger charge is -2.59. The SMILES string of the molecule is CN(C)CCN1C(=O)CC[C@@]2(C)C1=CC[C@H]1[C@H]3CC[C@@](C)(O)[C@]3(C)CC[C@@H]12. The highest BCUT2D eigenvalue weighted by Crippen LogP contribution is 2.66. The number of likely N-dealkylation sites (N-methyl/N-ethyl adjacent to an activating group) is 1. The van der Waals surface area contributed by atoms with Crippen molar-refractivity contribution in [2.45, 2.75) is 71.3 Å². The van der Waals surface area contributed by atoms with E-state index < -0.39 is 5.60 Å². The third kappa shape index (κ3) is 2.73. The zero-order valence-corrected chi connectivity index (χ0v) is 17.9. The maximum Gasteiger partial charge on any atom is 0.226 e. The van der Waals surface area contributed by atoms with Crippen LogP contribution in [0.3, 0.4) is 0 Å². The lowest BCUT2D eigenvalue weighted by Crippen LogP contribution is -2.56.